The minimum absolute atomic E-state index is 0.0717. The van der Waals surface area contributed by atoms with Crippen LogP contribution in [0.3, 0.4) is 0 Å². The Labute approximate surface area is 161 Å². The van der Waals surface area contributed by atoms with Gasteiger partial charge in [-0.15, -0.1) is 11.3 Å². The summed E-state index contributed by atoms with van der Waals surface area (Å²) in [6, 6.07) is 4.14. The van der Waals surface area contributed by atoms with Crippen LogP contribution in [0.15, 0.2) is 23.0 Å². The Hall–Kier alpha value is -2.85. The summed E-state index contributed by atoms with van der Waals surface area (Å²) in [4.78, 5) is 40.9. The molecule has 0 radical (unpaired) electrons. The lowest BCUT2D eigenvalue weighted by atomic mass is 10.1. The fraction of sp³-hybridized carbons (Fsp3) is 0.235. The third-order valence-electron chi connectivity index (χ3n) is 4.64. The average Bonchev–Trinajstić information content (AvgIpc) is 3.19. The van der Waals surface area contributed by atoms with Crippen molar-refractivity contribution in [3.05, 3.63) is 65.0 Å². The summed E-state index contributed by atoms with van der Waals surface area (Å²) in [5.74, 6) is -0.647. The van der Waals surface area contributed by atoms with Gasteiger partial charge in [0, 0.05) is 22.1 Å². The summed E-state index contributed by atoms with van der Waals surface area (Å²) in [6.07, 6.45) is 2.77. The number of nitro groups is 1. The van der Waals surface area contributed by atoms with E-state index in [0.717, 1.165) is 29.5 Å². The summed E-state index contributed by atoms with van der Waals surface area (Å²) in [6.45, 7) is 1.59. The molecule has 1 aromatic carbocycles. The van der Waals surface area contributed by atoms with Gasteiger partial charge in [-0.2, -0.15) is 4.68 Å². The monoisotopic (exact) mass is 402 g/mol. The van der Waals surface area contributed by atoms with E-state index in [1.807, 2.05) is 0 Å². The molecule has 4 rings (SSSR count). The number of aryl methyl sites for hydroxylation is 3. The van der Waals surface area contributed by atoms with Crippen LogP contribution in [0.25, 0.3) is 10.2 Å². The minimum atomic E-state index is -0.647. The number of carbonyl (C=O) groups is 1. The van der Waals surface area contributed by atoms with Crippen molar-refractivity contribution in [1.29, 1.82) is 0 Å². The van der Waals surface area contributed by atoms with Gasteiger partial charge >= 0.3 is 0 Å². The van der Waals surface area contributed by atoms with Crippen LogP contribution in [0.2, 0.25) is 0 Å². The standard InChI is InChI=1S/C17H14N4O4S2/c1-8-5-6-9(7-11(8)21(24)25)14(22)19-20-16(23)13-10-3-2-4-12(10)27-15(13)18-17(20)26/h5-7H,2-4H2,1H3,(H,18,26)(H,19,22). The van der Waals surface area contributed by atoms with Crippen molar-refractivity contribution in [2.24, 2.45) is 0 Å². The van der Waals surface area contributed by atoms with Gasteiger partial charge in [0.2, 0.25) is 4.77 Å². The van der Waals surface area contributed by atoms with Crippen LogP contribution in [0.1, 0.15) is 32.8 Å². The van der Waals surface area contributed by atoms with Gasteiger partial charge in [-0.25, -0.2) is 0 Å². The first-order valence-electron chi connectivity index (χ1n) is 8.23. The molecular formula is C17H14N4O4S2. The van der Waals surface area contributed by atoms with Gasteiger partial charge in [-0.05, 0) is 50.0 Å². The highest BCUT2D eigenvalue weighted by molar-refractivity contribution is 7.71. The van der Waals surface area contributed by atoms with E-state index in [-0.39, 0.29) is 21.6 Å². The van der Waals surface area contributed by atoms with E-state index in [9.17, 15) is 19.7 Å². The number of hydrogen-bond donors (Lipinski definition) is 2. The average molecular weight is 402 g/mol. The van der Waals surface area contributed by atoms with Crippen molar-refractivity contribution in [1.82, 2.24) is 9.66 Å². The number of nitrogens with one attached hydrogen (secondary N) is 2. The minimum Gasteiger partial charge on any atom is -0.322 e. The SMILES string of the molecule is Cc1ccc(C(=O)Nn2c(=S)[nH]c3sc4c(c3c2=O)CCC4)cc1[N+](=O)[O-]. The van der Waals surface area contributed by atoms with Crippen LogP contribution in [0.4, 0.5) is 5.69 Å². The zero-order valence-electron chi connectivity index (χ0n) is 14.2. The van der Waals surface area contributed by atoms with Crippen LogP contribution in [0.5, 0.6) is 0 Å². The zero-order chi connectivity index (χ0) is 19.3. The van der Waals surface area contributed by atoms with E-state index in [4.69, 9.17) is 12.2 Å². The van der Waals surface area contributed by atoms with Crippen molar-refractivity contribution < 1.29 is 9.72 Å². The number of benzene rings is 1. The molecule has 0 saturated carbocycles. The number of rotatable bonds is 3. The highest BCUT2D eigenvalue weighted by atomic mass is 32.1. The molecule has 0 saturated heterocycles. The first-order valence-corrected chi connectivity index (χ1v) is 9.45. The highest BCUT2D eigenvalue weighted by Gasteiger charge is 2.22. The topological polar surface area (TPSA) is 110 Å². The molecule has 0 fully saturated rings. The smallest absolute Gasteiger partial charge is 0.282 e. The molecule has 0 atom stereocenters. The molecule has 27 heavy (non-hydrogen) atoms. The largest absolute Gasteiger partial charge is 0.322 e. The van der Waals surface area contributed by atoms with E-state index < -0.39 is 10.8 Å². The fourth-order valence-electron chi connectivity index (χ4n) is 3.29. The number of thiophene rings is 1. The van der Waals surface area contributed by atoms with Crippen LogP contribution in [0, 0.1) is 21.8 Å². The molecule has 1 aliphatic rings. The molecule has 1 aliphatic carbocycles. The second-order valence-corrected chi connectivity index (χ2v) is 7.82. The Morgan fingerprint density at radius 2 is 2.19 bits per heavy atom. The fourth-order valence-corrected chi connectivity index (χ4v) is 4.87. The Bertz CT molecular complexity index is 1240. The molecule has 2 heterocycles. The second-order valence-electron chi connectivity index (χ2n) is 6.33. The lowest BCUT2D eigenvalue weighted by molar-refractivity contribution is -0.385. The van der Waals surface area contributed by atoms with Gasteiger partial charge < -0.3 is 4.98 Å². The van der Waals surface area contributed by atoms with E-state index in [0.29, 0.717) is 15.8 Å². The van der Waals surface area contributed by atoms with Gasteiger partial charge in [-0.1, -0.05) is 6.07 Å². The Morgan fingerprint density at radius 1 is 1.41 bits per heavy atom. The normalized spacial score (nSPS) is 12.9. The highest BCUT2D eigenvalue weighted by Crippen LogP contribution is 2.34. The number of nitro benzene ring substituents is 1. The molecule has 3 aromatic rings. The van der Waals surface area contributed by atoms with Crippen molar-refractivity contribution in [2.75, 3.05) is 5.43 Å². The number of nitrogens with zero attached hydrogens (tertiary/aromatic N) is 2. The molecule has 0 bridgehead atoms. The van der Waals surface area contributed by atoms with Gasteiger partial charge in [0.05, 0.1) is 10.3 Å². The maximum Gasteiger partial charge on any atom is 0.282 e. The molecule has 2 N–H and O–H groups in total. The quantitative estimate of drug-likeness (QED) is 0.397. The van der Waals surface area contributed by atoms with Crippen LogP contribution in [-0.4, -0.2) is 20.5 Å². The van der Waals surface area contributed by atoms with E-state index in [1.165, 1.54) is 34.4 Å². The Kier molecular flexibility index (Phi) is 4.16. The predicted molar refractivity (Wildman–Crippen MR) is 105 cm³/mol. The lowest BCUT2D eigenvalue weighted by Crippen LogP contribution is -2.34. The number of hydrogen-bond acceptors (Lipinski definition) is 6. The summed E-state index contributed by atoms with van der Waals surface area (Å²) >= 11 is 6.74. The zero-order valence-corrected chi connectivity index (χ0v) is 15.8. The number of amides is 1. The molecule has 1 amide bonds. The van der Waals surface area contributed by atoms with Crippen LogP contribution < -0.4 is 11.0 Å². The predicted octanol–water partition coefficient (Wildman–Crippen LogP) is 3.21. The maximum atomic E-state index is 12.9. The Balaban J connectivity index is 1.77. The molecular weight excluding hydrogens is 388 g/mol. The molecule has 0 spiro atoms. The molecule has 10 heteroatoms. The third-order valence-corrected chi connectivity index (χ3v) is 6.14. The summed E-state index contributed by atoms with van der Waals surface area (Å²) in [5, 5.41) is 11.6. The molecule has 138 valence electrons. The van der Waals surface area contributed by atoms with E-state index in [2.05, 4.69) is 10.4 Å². The second kappa shape index (κ2) is 6.39. The van der Waals surface area contributed by atoms with Gasteiger partial charge in [0.25, 0.3) is 17.2 Å². The molecule has 0 aliphatic heterocycles. The van der Waals surface area contributed by atoms with Gasteiger partial charge in [0.15, 0.2) is 0 Å². The maximum absolute atomic E-state index is 12.9. The van der Waals surface area contributed by atoms with Crippen LogP contribution in [-0.2, 0) is 12.8 Å². The van der Waals surface area contributed by atoms with E-state index >= 15 is 0 Å². The van der Waals surface area contributed by atoms with Crippen molar-refractivity contribution in [2.45, 2.75) is 26.2 Å². The van der Waals surface area contributed by atoms with E-state index in [1.54, 1.807) is 6.92 Å². The first kappa shape index (κ1) is 17.6. The molecule has 2 aromatic heterocycles. The molecule has 0 unspecified atom stereocenters. The number of fused-ring (bicyclic) bond motifs is 3. The Morgan fingerprint density at radius 3 is 2.93 bits per heavy atom. The van der Waals surface area contributed by atoms with Crippen molar-refractivity contribution in [3.8, 4) is 0 Å². The number of aromatic amines is 1. The lowest BCUT2D eigenvalue weighted by Gasteiger charge is -2.09. The third kappa shape index (κ3) is 2.86. The summed E-state index contributed by atoms with van der Waals surface area (Å²) < 4.78 is 1.07. The summed E-state index contributed by atoms with van der Waals surface area (Å²) in [7, 11) is 0. The van der Waals surface area contributed by atoms with Crippen molar-refractivity contribution in [3.63, 3.8) is 0 Å². The number of aromatic nitrogens is 2. The first-order chi connectivity index (χ1) is 12.9. The summed E-state index contributed by atoms with van der Waals surface area (Å²) in [5.41, 5.74) is 3.45. The number of H-pyrrole nitrogens is 1. The molecule has 8 nitrogen and oxygen atoms in total. The number of carbonyl (C=O) groups excluding carboxylic acids is 1. The van der Waals surface area contributed by atoms with Crippen LogP contribution >= 0.6 is 23.6 Å². The van der Waals surface area contributed by atoms with Crippen molar-refractivity contribution >= 4 is 45.4 Å². The van der Waals surface area contributed by atoms with Gasteiger partial charge in [-0.3, -0.25) is 25.1 Å². The van der Waals surface area contributed by atoms with Gasteiger partial charge in [0.1, 0.15) is 4.83 Å².